The van der Waals surface area contributed by atoms with Gasteiger partial charge in [0.25, 0.3) is 17.6 Å². The predicted octanol–water partition coefficient (Wildman–Crippen LogP) is 2.86. The van der Waals surface area contributed by atoms with Crippen molar-refractivity contribution in [3.05, 3.63) is 71.7 Å². The Balaban J connectivity index is 1.49. The number of H-pyrrole nitrogens is 1. The molecule has 6 nitrogen and oxygen atoms in total. The van der Waals surface area contributed by atoms with Crippen molar-refractivity contribution < 1.29 is 18.8 Å². The van der Waals surface area contributed by atoms with Crippen LogP contribution in [0.2, 0.25) is 0 Å². The van der Waals surface area contributed by atoms with Crippen molar-refractivity contribution in [3.63, 3.8) is 0 Å². The monoisotopic (exact) mass is 393 g/mol. The molecule has 0 unspecified atom stereocenters. The number of rotatable bonds is 3. The zero-order valence-corrected chi connectivity index (χ0v) is 15.9. The molecule has 7 heteroatoms. The quantitative estimate of drug-likeness (QED) is 0.549. The van der Waals surface area contributed by atoms with Gasteiger partial charge in [0.1, 0.15) is 5.82 Å². The molecule has 1 N–H and O–H groups in total. The second kappa shape index (κ2) is 7.50. The first-order chi connectivity index (χ1) is 14.0. The van der Waals surface area contributed by atoms with E-state index in [0.717, 1.165) is 0 Å². The molecule has 4 rings (SSSR count). The highest BCUT2D eigenvalue weighted by Crippen LogP contribution is 2.23. The molecule has 2 amide bonds. The van der Waals surface area contributed by atoms with Gasteiger partial charge in [-0.05, 0) is 25.1 Å². The number of benzene rings is 2. The third-order valence-corrected chi connectivity index (χ3v) is 5.30. The van der Waals surface area contributed by atoms with E-state index in [9.17, 15) is 18.8 Å². The van der Waals surface area contributed by atoms with Crippen molar-refractivity contribution >= 4 is 28.5 Å². The van der Waals surface area contributed by atoms with Crippen LogP contribution in [0.3, 0.4) is 0 Å². The van der Waals surface area contributed by atoms with E-state index in [-0.39, 0.29) is 29.6 Å². The minimum absolute atomic E-state index is 0.0945. The Hall–Kier alpha value is -3.48. The van der Waals surface area contributed by atoms with Crippen LogP contribution < -0.4 is 0 Å². The van der Waals surface area contributed by atoms with Crippen LogP contribution in [-0.4, -0.2) is 58.1 Å². The maximum absolute atomic E-state index is 13.9. The first-order valence-electron chi connectivity index (χ1n) is 9.42. The van der Waals surface area contributed by atoms with E-state index >= 15 is 0 Å². The number of hydrogen-bond donors (Lipinski definition) is 1. The molecule has 1 aromatic heterocycles. The fourth-order valence-corrected chi connectivity index (χ4v) is 3.76. The van der Waals surface area contributed by atoms with Crippen LogP contribution in [-0.2, 0) is 4.79 Å². The molecule has 0 bridgehead atoms. The van der Waals surface area contributed by atoms with E-state index in [1.807, 2.05) is 13.0 Å². The van der Waals surface area contributed by atoms with E-state index in [0.29, 0.717) is 24.0 Å². The van der Waals surface area contributed by atoms with Crippen molar-refractivity contribution in [1.82, 2.24) is 14.8 Å². The molecule has 1 aliphatic rings. The summed E-state index contributed by atoms with van der Waals surface area (Å²) in [5.41, 5.74) is 0.950. The van der Waals surface area contributed by atoms with Crippen LogP contribution in [0.1, 0.15) is 27.6 Å². The Morgan fingerprint density at radius 3 is 2.52 bits per heavy atom. The van der Waals surface area contributed by atoms with E-state index in [1.165, 1.54) is 23.2 Å². The molecule has 3 aromatic rings. The summed E-state index contributed by atoms with van der Waals surface area (Å²) in [7, 11) is 0. The van der Waals surface area contributed by atoms with Crippen molar-refractivity contribution in [1.29, 1.82) is 0 Å². The second-order valence-corrected chi connectivity index (χ2v) is 7.16. The fraction of sp³-hybridized carbons (Fsp3) is 0.227. The number of nitrogens with one attached hydrogen (secondary N) is 1. The highest BCUT2D eigenvalue weighted by molar-refractivity contribution is 6.45. The Kier molecular flexibility index (Phi) is 4.88. The minimum atomic E-state index is -0.684. The SMILES string of the molecule is C[C@H]1CN(C(=O)c2ccccc2)CCN1C(=O)C(=O)c1c[nH]c2c(F)cccc12. The number of fused-ring (bicyclic) bond motifs is 1. The van der Waals surface area contributed by atoms with E-state index < -0.39 is 17.5 Å². The van der Waals surface area contributed by atoms with Crippen LogP contribution in [0, 0.1) is 5.82 Å². The van der Waals surface area contributed by atoms with Crippen LogP contribution in [0.15, 0.2) is 54.7 Å². The lowest BCUT2D eigenvalue weighted by Crippen LogP contribution is -2.56. The number of halogens is 1. The summed E-state index contributed by atoms with van der Waals surface area (Å²) in [6.45, 7) is 2.76. The van der Waals surface area contributed by atoms with Gasteiger partial charge in [0.15, 0.2) is 0 Å². The molecule has 1 atom stereocenters. The smallest absolute Gasteiger partial charge is 0.295 e. The zero-order valence-electron chi connectivity index (χ0n) is 15.9. The summed E-state index contributed by atoms with van der Waals surface area (Å²) in [6.07, 6.45) is 1.37. The van der Waals surface area contributed by atoms with E-state index in [2.05, 4.69) is 4.98 Å². The third-order valence-electron chi connectivity index (χ3n) is 5.30. The van der Waals surface area contributed by atoms with Gasteiger partial charge in [0.2, 0.25) is 0 Å². The maximum Gasteiger partial charge on any atom is 0.295 e. The molecule has 1 fully saturated rings. The lowest BCUT2D eigenvalue weighted by molar-refractivity contribution is -0.130. The van der Waals surface area contributed by atoms with Gasteiger partial charge in [-0.2, -0.15) is 0 Å². The second-order valence-electron chi connectivity index (χ2n) is 7.16. The molecule has 2 heterocycles. The summed E-state index contributed by atoms with van der Waals surface area (Å²) < 4.78 is 13.9. The number of aromatic nitrogens is 1. The van der Waals surface area contributed by atoms with Gasteiger partial charge in [-0.25, -0.2) is 4.39 Å². The number of ketones is 1. The highest BCUT2D eigenvalue weighted by atomic mass is 19.1. The van der Waals surface area contributed by atoms with Crippen LogP contribution in [0.25, 0.3) is 10.9 Å². The number of nitrogens with zero attached hydrogens (tertiary/aromatic N) is 2. The van der Waals surface area contributed by atoms with Gasteiger partial charge in [-0.15, -0.1) is 0 Å². The summed E-state index contributed by atoms with van der Waals surface area (Å²) in [5.74, 6) is -1.90. The average molecular weight is 393 g/mol. The molecule has 148 valence electrons. The Labute approximate surface area is 166 Å². The highest BCUT2D eigenvalue weighted by Gasteiger charge is 2.34. The van der Waals surface area contributed by atoms with Crippen molar-refractivity contribution in [2.45, 2.75) is 13.0 Å². The Bertz CT molecular complexity index is 1090. The van der Waals surface area contributed by atoms with Crippen molar-refractivity contribution in [2.24, 2.45) is 0 Å². The number of carbonyl (C=O) groups excluding carboxylic acids is 3. The molecule has 0 saturated carbocycles. The van der Waals surface area contributed by atoms with E-state index in [4.69, 9.17) is 0 Å². The molecule has 0 aliphatic carbocycles. The first kappa shape index (κ1) is 18.9. The number of Topliss-reactive ketones (excluding diaryl/α,β-unsaturated/α-hetero) is 1. The normalized spacial score (nSPS) is 16.8. The number of aromatic amines is 1. The molecule has 0 spiro atoms. The summed E-state index contributed by atoms with van der Waals surface area (Å²) >= 11 is 0. The van der Waals surface area contributed by atoms with Crippen LogP contribution in [0.4, 0.5) is 4.39 Å². The predicted molar refractivity (Wildman–Crippen MR) is 106 cm³/mol. The lowest BCUT2D eigenvalue weighted by Gasteiger charge is -2.39. The number of hydrogen-bond acceptors (Lipinski definition) is 3. The molecular weight excluding hydrogens is 373 g/mol. The Morgan fingerprint density at radius 1 is 1.03 bits per heavy atom. The first-order valence-corrected chi connectivity index (χ1v) is 9.42. The van der Waals surface area contributed by atoms with Gasteiger partial charge in [-0.3, -0.25) is 14.4 Å². The topological polar surface area (TPSA) is 73.5 Å². The van der Waals surface area contributed by atoms with Crippen LogP contribution in [0.5, 0.6) is 0 Å². The van der Waals surface area contributed by atoms with Gasteiger partial charge < -0.3 is 14.8 Å². The summed E-state index contributed by atoms with van der Waals surface area (Å²) in [6, 6.07) is 13.1. The average Bonchev–Trinajstić information content (AvgIpc) is 3.18. The van der Waals surface area contributed by atoms with E-state index in [1.54, 1.807) is 35.2 Å². The summed E-state index contributed by atoms with van der Waals surface area (Å²) in [4.78, 5) is 44.2. The number of piperazine rings is 1. The Morgan fingerprint density at radius 2 is 1.79 bits per heavy atom. The largest absolute Gasteiger partial charge is 0.358 e. The number of amides is 2. The van der Waals surface area contributed by atoms with Crippen LogP contribution >= 0.6 is 0 Å². The zero-order chi connectivity index (χ0) is 20.5. The molecule has 1 aliphatic heterocycles. The third kappa shape index (κ3) is 3.40. The van der Waals surface area contributed by atoms with Crippen molar-refractivity contribution in [3.8, 4) is 0 Å². The molecule has 0 radical (unpaired) electrons. The maximum atomic E-state index is 13.9. The number of carbonyl (C=O) groups is 3. The fourth-order valence-electron chi connectivity index (χ4n) is 3.76. The van der Waals surface area contributed by atoms with Crippen molar-refractivity contribution in [2.75, 3.05) is 19.6 Å². The lowest BCUT2D eigenvalue weighted by atomic mass is 10.1. The van der Waals surface area contributed by atoms with Gasteiger partial charge >= 0.3 is 0 Å². The standard InChI is InChI=1S/C22H20FN3O3/c1-14-13-25(21(28)15-6-3-2-4-7-15)10-11-26(14)22(29)20(27)17-12-24-19-16(17)8-5-9-18(19)23/h2-9,12,14,24H,10-11,13H2,1H3/t14-/m0/s1. The van der Waals surface area contributed by atoms with Gasteiger partial charge in [0.05, 0.1) is 11.1 Å². The van der Waals surface area contributed by atoms with Gasteiger partial charge in [0, 0.05) is 42.8 Å². The molecule has 29 heavy (non-hydrogen) atoms. The molecule has 2 aromatic carbocycles. The molecular formula is C22H20FN3O3. The molecule has 1 saturated heterocycles. The minimum Gasteiger partial charge on any atom is -0.358 e. The number of para-hydroxylation sites is 1. The summed E-state index contributed by atoms with van der Waals surface area (Å²) in [5, 5.41) is 0.383. The van der Waals surface area contributed by atoms with Gasteiger partial charge in [-0.1, -0.05) is 30.3 Å².